The van der Waals surface area contributed by atoms with Gasteiger partial charge in [-0.2, -0.15) is 0 Å². The minimum Gasteiger partial charge on any atom is -0.493 e. The van der Waals surface area contributed by atoms with Crippen molar-refractivity contribution in [3.05, 3.63) is 46.3 Å². The second kappa shape index (κ2) is 7.11. The highest BCUT2D eigenvalue weighted by atomic mass is 32.1. The third kappa shape index (κ3) is 3.90. The van der Waals surface area contributed by atoms with Crippen LogP contribution in [0.4, 0.5) is 5.00 Å². The van der Waals surface area contributed by atoms with Gasteiger partial charge in [-0.15, -0.1) is 11.3 Å². The van der Waals surface area contributed by atoms with Crippen LogP contribution in [0.2, 0.25) is 0 Å². The lowest BCUT2D eigenvalue weighted by Gasteiger charge is -2.26. The molecule has 2 heterocycles. The van der Waals surface area contributed by atoms with E-state index in [1.54, 1.807) is 0 Å². The Morgan fingerprint density at radius 3 is 2.69 bits per heavy atom. The van der Waals surface area contributed by atoms with Crippen LogP contribution in [-0.2, 0) is 4.79 Å². The first-order valence-corrected chi connectivity index (χ1v) is 9.52. The Labute approximate surface area is 157 Å². The van der Waals surface area contributed by atoms with Crippen LogP contribution in [-0.4, -0.2) is 18.4 Å². The molecular weight excluding hydrogens is 348 g/mol. The van der Waals surface area contributed by atoms with Crippen LogP contribution in [0.1, 0.15) is 54.0 Å². The lowest BCUT2D eigenvalue weighted by Crippen LogP contribution is -2.32. The van der Waals surface area contributed by atoms with Crippen molar-refractivity contribution < 1.29 is 14.3 Å². The minimum absolute atomic E-state index is 0.0657. The normalized spacial score (nSPS) is 16.4. The standard InChI is InChI=1S/C20H24N2O3S/c1-12-11-16(22-19(24)20(2,3)4)26-17(12)18(23)21-14-9-10-25-15-8-6-5-7-13(14)15/h5-8,11,14H,9-10H2,1-4H3,(H,21,23)(H,22,24). The summed E-state index contributed by atoms with van der Waals surface area (Å²) < 4.78 is 5.65. The number of amides is 2. The molecule has 1 aliphatic rings. The van der Waals surface area contributed by atoms with Gasteiger partial charge in [0.1, 0.15) is 5.75 Å². The molecule has 1 aromatic heterocycles. The van der Waals surface area contributed by atoms with E-state index in [1.165, 1.54) is 11.3 Å². The molecule has 5 nitrogen and oxygen atoms in total. The number of para-hydroxylation sites is 1. The quantitative estimate of drug-likeness (QED) is 0.844. The van der Waals surface area contributed by atoms with Crippen molar-refractivity contribution in [3.63, 3.8) is 0 Å². The Balaban J connectivity index is 1.74. The molecule has 0 saturated heterocycles. The second-order valence-corrected chi connectivity index (χ2v) is 8.58. The summed E-state index contributed by atoms with van der Waals surface area (Å²) in [5, 5.41) is 6.70. The van der Waals surface area contributed by atoms with Gasteiger partial charge in [0.15, 0.2) is 0 Å². The molecule has 1 atom stereocenters. The van der Waals surface area contributed by atoms with Gasteiger partial charge in [-0.3, -0.25) is 9.59 Å². The molecule has 0 spiro atoms. The van der Waals surface area contributed by atoms with Gasteiger partial charge in [-0.25, -0.2) is 0 Å². The Morgan fingerprint density at radius 2 is 1.96 bits per heavy atom. The maximum atomic E-state index is 12.8. The van der Waals surface area contributed by atoms with E-state index in [4.69, 9.17) is 4.74 Å². The molecule has 26 heavy (non-hydrogen) atoms. The van der Waals surface area contributed by atoms with E-state index in [1.807, 2.05) is 58.0 Å². The maximum Gasteiger partial charge on any atom is 0.262 e. The van der Waals surface area contributed by atoms with Gasteiger partial charge in [-0.05, 0) is 24.6 Å². The van der Waals surface area contributed by atoms with Gasteiger partial charge in [0.2, 0.25) is 5.91 Å². The smallest absolute Gasteiger partial charge is 0.262 e. The van der Waals surface area contributed by atoms with E-state index in [-0.39, 0.29) is 17.9 Å². The van der Waals surface area contributed by atoms with Crippen LogP contribution >= 0.6 is 11.3 Å². The van der Waals surface area contributed by atoms with E-state index in [2.05, 4.69) is 10.6 Å². The van der Waals surface area contributed by atoms with E-state index in [0.29, 0.717) is 16.5 Å². The average molecular weight is 372 g/mol. The van der Waals surface area contributed by atoms with E-state index in [0.717, 1.165) is 23.3 Å². The summed E-state index contributed by atoms with van der Waals surface area (Å²) in [6.45, 7) is 8.05. The number of nitrogens with one attached hydrogen (secondary N) is 2. The first-order chi connectivity index (χ1) is 12.3. The van der Waals surface area contributed by atoms with Crippen molar-refractivity contribution >= 4 is 28.2 Å². The fourth-order valence-corrected chi connectivity index (χ4v) is 3.76. The van der Waals surface area contributed by atoms with Crippen molar-refractivity contribution in [2.75, 3.05) is 11.9 Å². The second-order valence-electron chi connectivity index (χ2n) is 7.53. The number of anilines is 1. The highest BCUT2D eigenvalue weighted by molar-refractivity contribution is 7.18. The fourth-order valence-electron chi connectivity index (χ4n) is 2.78. The monoisotopic (exact) mass is 372 g/mol. The predicted octanol–water partition coefficient (Wildman–Crippen LogP) is 4.29. The predicted molar refractivity (Wildman–Crippen MR) is 104 cm³/mol. The number of carbonyl (C=O) groups excluding carboxylic acids is 2. The molecule has 0 bridgehead atoms. The molecule has 1 unspecified atom stereocenters. The number of thiophene rings is 1. The highest BCUT2D eigenvalue weighted by Crippen LogP contribution is 2.33. The summed E-state index contributed by atoms with van der Waals surface area (Å²) in [5.74, 6) is 0.639. The number of rotatable bonds is 3. The van der Waals surface area contributed by atoms with E-state index < -0.39 is 5.41 Å². The number of carbonyl (C=O) groups is 2. The van der Waals surface area contributed by atoms with Gasteiger partial charge in [0.25, 0.3) is 5.91 Å². The number of ether oxygens (including phenoxy) is 1. The first-order valence-electron chi connectivity index (χ1n) is 8.70. The molecule has 0 saturated carbocycles. The topological polar surface area (TPSA) is 67.4 Å². The summed E-state index contributed by atoms with van der Waals surface area (Å²) in [7, 11) is 0. The molecule has 6 heteroatoms. The number of hydrogen-bond acceptors (Lipinski definition) is 4. The van der Waals surface area contributed by atoms with Crippen LogP contribution < -0.4 is 15.4 Å². The molecule has 138 valence electrons. The summed E-state index contributed by atoms with van der Waals surface area (Å²) in [5.41, 5.74) is 1.38. The van der Waals surface area contributed by atoms with Gasteiger partial charge >= 0.3 is 0 Å². The zero-order valence-corrected chi connectivity index (χ0v) is 16.3. The van der Waals surface area contributed by atoms with Gasteiger partial charge < -0.3 is 15.4 Å². The summed E-state index contributed by atoms with van der Waals surface area (Å²) >= 11 is 1.31. The number of benzene rings is 1. The maximum absolute atomic E-state index is 12.8. The third-order valence-electron chi connectivity index (χ3n) is 4.31. The summed E-state index contributed by atoms with van der Waals surface area (Å²) in [6.07, 6.45) is 0.737. The molecular formula is C20H24N2O3S. The zero-order chi connectivity index (χ0) is 18.9. The van der Waals surface area contributed by atoms with Crippen molar-refractivity contribution in [1.82, 2.24) is 5.32 Å². The fraction of sp³-hybridized carbons (Fsp3) is 0.400. The SMILES string of the molecule is Cc1cc(NC(=O)C(C)(C)C)sc1C(=O)NC1CCOc2ccccc21. The molecule has 0 radical (unpaired) electrons. The van der Waals surface area contributed by atoms with Crippen molar-refractivity contribution in [2.45, 2.75) is 40.2 Å². The Bertz CT molecular complexity index is 836. The van der Waals surface area contributed by atoms with Crippen molar-refractivity contribution in [3.8, 4) is 5.75 Å². The van der Waals surface area contributed by atoms with Crippen LogP contribution in [0, 0.1) is 12.3 Å². The van der Waals surface area contributed by atoms with Gasteiger partial charge in [0, 0.05) is 17.4 Å². The minimum atomic E-state index is -0.480. The van der Waals surface area contributed by atoms with Gasteiger partial charge in [-0.1, -0.05) is 39.0 Å². The van der Waals surface area contributed by atoms with E-state index >= 15 is 0 Å². The summed E-state index contributed by atoms with van der Waals surface area (Å²) in [4.78, 5) is 25.6. The first kappa shape index (κ1) is 18.5. The Kier molecular flexibility index (Phi) is 5.05. The zero-order valence-electron chi connectivity index (χ0n) is 15.5. The Hall–Kier alpha value is -2.34. The lowest BCUT2D eigenvalue weighted by molar-refractivity contribution is -0.123. The highest BCUT2D eigenvalue weighted by Gasteiger charge is 2.26. The van der Waals surface area contributed by atoms with Crippen LogP contribution in [0.5, 0.6) is 5.75 Å². The van der Waals surface area contributed by atoms with Crippen molar-refractivity contribution in [2.24, 2.45) is 5.41 Å². The molecule has 2 amide bonds. The largest absolute Gasteiger partial charge is 0.493 e. The molecule has 2 aromatic rings. The third-order valence-corrected chi connectivity index (χ3v) is 5.46. The average Bonchev–Trinajstić information content (AvgIpc) is 2.95. The molecule has 0 aliphatic carbocycles. The van der Waals surface area contributed by atoms with Crippen molar-refractivity contribution in [1.29, 1.82) is 0 Å². The summed E-state index contributed by atoms with van der Waals surface area (Å²) in [6, 6.07) is 9.56. The number of hydrogen-bond donors (Lipinski definition) is 2. The molecule has 2 N–H and O–H groups in total. The molecule has 1 aliphatic heterocycles. The number of aryl methyl sites for hydroxylation is 1. The van der Waals surface area contributed by atoms with Crippen LogP contribution in [0.15, 0.2) is 30.3 Å². The molecule has 0 fully saturated rings. The van der Waals surface area contributed by atoms with E-state index in [9.17, 15) is 9.59 Å². The molecule has 1 aromatic carbocycles. The van der Waals surface area contributed by atoms with Crippen LogP contribution in [0.3, 0.4) is 0 Å². The lowest BCUT2D eigenvalue weighted by atomic mass is 9.96. The van der Waals surface area contributed by atoms with Gasteiger partial charge in [0.05, 0.1) is 22.5 Å². The molecule has 3 rings (SSSR count). The Morgan fingerprint density at radius 1 is 1.23 bits per heavy atom. The number of fused-ring (bicyclic) bond motifs is 1. The van der Waals surface area contributed by atoms with Crippen LogP contribution in [0.25, 0.3) is 0 Å².